The number of nitrogens with zero attached hydrogens (tertiary/aromatic N) is 1. The molecule has 0 saturated carbocycles. The Balaban J connectivity index is 1.72. The lowest BCUT2D eigenvalue weighted by atomic mass is 9.89. The summed E-state index contributed by atoms with van der Waals surface area (Å²) in [5.41, 5.74) is 8.66. The number of methoxy groups -OCH3 is 2. The van der Waals surface area contributed by atoms with E-state index in [9.17, 15) is 0 Å². The molecule has 0 aliphatic carbocycles. The van der Waals surface area contributed by atoms with Crippen LogP contribution in [0.1, 0.15) is 17.0 Å². The Labute approximate surface area is 144 Å². The number of nitrogens with two attached hydrogens (primary N) is 1. The van der Waals surface area contributed by atoms with Crippen LogP contribution in [0.5, 0.6) is 11.5 Å². The van der Waals surface area contributed by atoms with E-state index in [-0.39, 0.29) is 0 Å². The minimum atomic E-state index is 0.507. The summed E-state index contributed by atoms with van der Waals surface area (Å²) in [4.78, 5) is 2.48. The molecule has 0 amide bonds. The largest absolute Gasteiger partial charge is 0.493 e. The summed E-state index contributed by atoms with van der Waals surface area (Å²) in [6.07, 6.45) is 0. The molecule has 1 aliphatic heterocycles. The zero-order valence-electron chi connectivity index (χ0n) is 14.4. The van der Waals surface area contributed by atoms with E-state index >= 15 is 0 Å². The second-order valence-electron chi connectivity index (χ2n) is 6.40. The fourth-order valence-corrected chi connectivity index (χ4v) is 3.64. The Morgan fingerprint density at radius 2 is 1.75 bits per heavy atom. The lowest BCUT2D eigenvalue weighted by Crippen LogP contribution is -2.23. The number of rotatable bonds is 6. The predicted molar refractivity (Wildman–Crippen MR) is 96.6 cm³/mol. The Bertz CT molecular complexity index is 660. The van der Waals surface area contributed by atoms with Crippen molar-refractivity contribution in [3.05, 3.63) is 59.7 Å². The predicted octanol–water partition coefficient (Wildman–Crippen LogP) is 2.88. The van der Waals surface area contributed by atoms with Gasteiger partial charge in [-0.25, -0.2) is 0 Å². The highest BCUT2D eigenvalue weighted by Gasteiger charge is 2.32. The average Bonchev–Trinajstić information content (AvgIpc) is 3.05. The van der Waals surface area contributed by atoms with Crippen molar-refractivity contribution in [3.8, 4) is 11.5 Å². The summed E-state index contributed by atoms with van der Waals surface area (Å²) in [7, 11) is 3.33. The van der Waals surface area contributed by atoms with Crippen molar-refractivity contribution in [3.63, 3.8) is 0 Å². The van der Waals surface area contributed by atoms with Crippen LogP contribution in [0.2, 0.25) is 0 Å². The van der Waals surface area contributed by atoms with Crippen LogP contribution in [0.25, 0.3) is 0 Å². The van der Waals surface area contributed by atoms with E-state index < -0.39 is 0 Å². The summed E-state index contributed by atoms with van der Waals surface area (Å²) < 4.78 is 10.7. The van der Waals surface area contributed by atoms with Crippen LogP contribution in [0.15, 0.2) is 48.5 Å². The van der Waals surface area contributed by atoms with Crippen molar-refractivity contribution in [1.29, 1.82) is 0 Å². The summed E-state index contributed by atoms with van der Waals surface area (Å²) in [6.45, 7) is 3.70. The van der Waals surface area contributed by atoms with Crippen LogP contribution < -0.4 is 15.2 Å². The fraction of sp³-hybridized carbons (Fsp3) is 0.400. The van der Waals surface area contributed by atoms with E-state index in [0.717, 1.165) is 37.7 Å². The molecule has 3 rings (SSSR count). The maximum atomic E-state index is 6.04. The minimum absolute atomic E-state index is 0.507. The van der Waals surface area contributed by atoms with E-state index in [0.29, 0.717) is 11.8 Å². The highest BCUT2D eigenvalue weighted by Crippen LogP contribution is 2.34. The molecule has 1 heterocycles. The van der Waals surface area contributed by atoms with Gasteiger partial charge in [-0.05, 0) is 35.7 Å². The van der Waals surface area contributed by atoms with E-state index in [1.807, 2.05) is 6.07 Å². The molecule has 4 heteroatoms. The van der Waals surface area contributed by atoms with Gasteiger partial charge in [-0.15, -0.1) is 0 Å². The van der Waals surface area contributed by atoms with Gasteiger partial charge in [0.25, 0.3) is 0 Å². The molecule has 1 aliphatic rings. The maximum Gasteiger partial charge on any atom is 0.161 e. The highest BCUT2D eigenvalue weighted by atomic mass is 16.5. The molecule has 2 N–H and O–H groups in total. The van der Waals surface area contributed by atoms with E-state index in [1.165, 1.54) is 11.1 Å². The molecule has 0 radical (unpaired) electrons. The molecular weight excluding hydrogens is 300 g/mol. The summed E-state index contributed by atoms with van der Waals surface area (Å²) in [5, 5.41) is 0. The van der Waals surface area contributed by atoms with Crippen molar-refractivity contribution < 1.29 is 9.47 Å². The zero-order chi connectivity index (χ0) is 16.9. The average molecular weight is 326 g/mol. The molecule has 2 aromatic rings. The third-order valence-electron chi connectivity index (χ3n) is 4.90. The Morgan fingerprint density at radius 1 is 1.00 bits per heavy atom. The van der Waals surface area contributed by atoms with E-state index in [1.54, 1.807) is 14.2 Å². The third-order valence-corrected chi connectivity index (χ3v) is 4.90. The van der Waals surface area contributed by atoms with Gasteiger partial charge < -0.3 is 15.2 Å². The Morgan fingerprint density at radius 3 is 2.42 bits per heavy atom. The van der Waals surface area contributed by atoms with Crippen LogP contribution in [-0.2, 0) is 6.54 Å². The SMILES string of the molecule is COc1ccc(CN2C[C@@H](CN)[C@H](c3ccccc3)C2)cc1OC. The molecule has 4 nitrogen and oxygen atoms in total. The second-order valence-corrected chi connectivity index (χ2v) is 6.40. The Kier molecular flexibility index (Phi) is 5.38. The fourth-order valence-electron chi connectivity index (χ4n) is 3.64. The Hall–Kier alpha value is -2.04. The van der Waals surface area contributed by atoms with Gasteiger partial charge in [0.1, 0.15) is 0 Å². The lowest BCUT2D eigenvalue weighted by Gasteiger charge is -2.17. The van der Waals surface area contributed by atoms with Gasteiger partial charge in [0.2, 0.25) is 0 Å². The number of hydrogen-bond donors (Lipinski definition) is 1. The first kappa shape index (κ1) is 16.8. The van der Waals surface area contributed by atoms with Crippen LogP contribution in [0.4, 0.5) is 0 Å². The maximum absolute atomic E-state index is 6.04. The van der Waals surface area contributed by atoms with E-state index in [4.69, 9.17) is 15.2 Å². The van der Waals surface area contributed by atoms with Crippen molar-refractivity contribution in [2.45, 2.75) is 12.5 Å². The normalized spacial score (nSPS) is 21.0. The highest BCUT2D eigenvalue weighted by molar-refractivity contribution is 5.42. The molecule has 1 fully saturated rings. The first-order valence-corrected chi connectivity index (χ1v) is 8.43. The zero-order valence-corrected chi connectivity index (χ0v) is 14.4. The van der Waals surface area contributed by atoms with Gasteiger partial charge in [-0.1, -0.05) is 36.4 Å². The van der Waals surface area contributed by atoms with Crippen LogP contribution in [0.3, 0.4) is 0 Å². The topological polar surface area (TPSA) is 47.7 Å². The van der Waals surface area contributed by atoms with Gasteiger partial charge in [0.05, 0.1) is 14.2 Å². The van der Waals surface area contributed by atoms with Crippen molar-refractivity contribution in [2.75, 3.05) is 33.9 Å². The lowest BCUT2D eigenvalue weighted by molar-refractivity contribution is 0.314. The van der Waals surface area contributed by atoms with E-state index in [2.05, 4.69) is 47.4 Å². The first-order valence-electron chi connectivity index (χ1n) is 8.43. The van der Waals surface area contributed by atoms with Crippen molar-refractivity contribution in [2.24, 2.45) is 11.7 Å². The second kappa shape index (κ2) is 7.69. The monoisotopic (exact) mass is 326 g/mol. The van der Waals surface area contributed by atoms with Gasteiger partial charge in [0.15, 0.2) is 11.5 Å². The summed E-state index contributed by atoms with van der Waals surface area (Å²) in [6, 6.07) is 16.9. The molecule has 0 bridgehead atoms. The number of hydrogen-bond acceptors (Lipinski definition) is 4. The molecule has 24 heavy (non-hydrogen) atoms. The number of benzene rings is 2. The van der Waals surface area contributed by atoms with Crippen molar-refractivity contribution >= 4 is 0 Å². The standard InChI is InChI=1S/C20H26N2O2/c1-23-19-9-8-15(10-20(19)24-2)12-22-13-17(11-21)18(14-22)16-6-4-3-5-7-16/h3-10,17-18H,11-14,21H2,1-2H3/t17-,18+/m1/s1. The molecule has 2 aromatic carbocycles. The molecule has 0 aromatic heterocycles. The van der Waals surface area contributed by atoms with Crippen molar-refractivity contribution in [1.82, 2.24) is 4.90 Å². The molecule has 1 saturated heterocycles. The molecule has 128 valence electrons. The first-order chi connectivity index (χ1) is 11.7. The van der Waals surface area contributed by atoms with Crippen LogP contribution in [-0.4, -0.2) is 38.8 Å². The summed E-state index contributed by atoms with van der Waals surface area (Å²) in [5.74, 6) is 2.57. The summed E-state index contributed by atoms with van der Waals surface area (Å²) >= 11 is 0. The van der Waals surface area contributed by atoms with Gasteiger partial charge >= 0.3 is 0 Å². The van der Waals surface area contributed by atoms with Crippen LogP contribution >= 0.6 is 0 Å². The molecule has 2 atom stereocenters. The third kappa shape index (κ3) is 3.55. The number of likely N-dealkylation sites (tertiary alicyclic amines) is 1. The quantitative estimate of drug-likeness (QED) is 0.887. The van der Waals surface area contributed by atoms with Crippen LogP contribution in [0, 0.1) is 5.92 Å². The van der Waals surface area contributed by atoms with Gasteiger partial charge in [-0.2, -0.15) is 0 Å². The molecule has 0 unspecified atom stereocenters. The molecule has 0 spiro atoms. The smallest absolute Gasteiger partial charge is 0.161 e. The van der Waals surface area contributed by atoms with Gasteiger partial charge in [0, 0.05) is 25.6 Å². The minimum Gasteiger partial charge on any atom is -0.493 e. The van der Waals surface area contributed by atoms with Gasteiger partial charge in [-0.3, -0.25) is 4.90 Å². The number of ether oxygens (including phenoxy) is 2. The molecular formula is C20H26N2O2.